The van der Waals surface area contributed by atoms with Crippen molar-refractivity contribution in [3.63, 3.8) is 0 Å². The average Bonchev–Trinajstić information content (AvgIpc) is 1.82. The van der Waals surface area contributed by atoms with Crippen molar-refractivity contribution in [3.05, 3.63) is 275 Å². The summed E-state index contributed by atoms with van der Waals surface area (Å²) in [6.07, 6.45) is -5.36. The van der Waals surface area contributed by atoms with Crippen molar-refractivity contribution < 1.29 is 69.0 Å². The lowest BCUT2D eigenvalue weighted by atomic mass is 9.98. The van der Waals surface area contributed by atoms with E-state index in [0.717, 1.165) is 22.3 Å². The first kappa shape index (κ1) is 68.3. The molecule has 6 unspecified atom stereocenters. The molecule has 1 aliphatic rings. The molecule has 0 saturated carbocycles. The third kappa shape index (κ3) is 21.5. The van der Waals surface area contributed by atoms with Gasteiger partial charge in [0.1, 0.15) is 19.2 Å². The van der Waals surface area contributed by atoms with Gasteiger partial charge in [-0.1, -0.05) is 231 Å². The van der Waals surface area contributed by atoms with Crippen LogP contribution < -0.4 is 30.8 Å². The molecule has 6 atom stereocenters. The second-order valence-corrected chi connectivity index (χ2v) is 33.8. The Labute approximate surface area is 524 Å². The molecule has 474 valence electrons. The van der Waals surface area contributed by atoms with Gasteiger partial charge in [0.15, 0.2) is 0 Å². The Morgan fingerprint density at radius 1 is 0.322 bits per heavy atom. The van der Waals surface area contributed by atoms with Crippen molar-refractivity contribution >= 4 is 51.3 Å². The van der Waals surface area contributed by atoms with E-state index in [0.29, 0.717) is 33.4 Å². The number of fused-ring (bicyclic) bond motifs is 3. The van der Waals surface area contributed by atoms with Crippen LogP contribution >= 0.6 is 45.2 Å². The normalized spacial score (nSPS) is 16.1. The van der Waals surface area contributed by atoms with Crippen LogP contribution in [0.4, 0.5) is 4.79 Å². The highest BCUT2D eigenvalue weighted by Gasteiger charge is 2.39. The number of alkyl carbamates (subject to hydrolysis) is 1. The highest BCUT2D eigenvalue weighted by atomic mass is 31.2. The summed E-state index contributed by atoms with van der Waals surface area (Å²) < 4.78 is 131. The second-order valence-electron chi connectivity index (χ2n) is 20.8. The van der Waals surface area contributed by atoms with Crippen LogP contribution in [-0.2, 0) is 98.9 Å². The third-order valence-electron chi connectivity index (χ3n) is 14.1. The summed E-state index contributed by atoms with van der Waals surface area (Å²) in [4.78, 5) is 24.5. The van der Waals surface area contributed by atoms with E-state index >= 15 is 18.3 Å². The number of carbonyl (C=O) groups is 1. The SMILES string of the molecule is O=C(NCP(=O)(NCP(=O)(NCP(=O)(NCP(=O)(NCP(=O)(NCP(=O)(O)OCc1ccccc1)OCc1ccccc1)OCc1ccccc1)OCc1ccccc1)OCc1ccccc1)OCc1ccccc1)OCC1c2ccccc2-c2ccccc21. The number of hydrogen-bond acceptors (Lipinski definition) is 14. The Kier molecular flexibility index (Phi) is 25.0. The fraction of sp³-hybridized carbons (Fsp3) is 0.222. The Balaban J connectivity index is 0.941. The summed E-state index contributed by atoms with van der Waals surface area (Å²) in [6.45, 7) is -1.46. The van der Waals surface area contributed by atoms with Crippen LogP contribution in [0.25, 0.3) is 11.1 Å². The minimum Gasteiger partial charge on any atom is -0.449 e. The zero-order chi connectivity index (χ0) is 63.2. The standard InChI is InChI=1S/C63H72N6O15P6/c70-63(78-45-62-60-37-21-19-35-58(60)59-36-20-22-38-61(59)62)64-46-85(71,79-39-52-23-7-1-8-24-52)65-47-86(72,80-40-53-25-9-2-10-26-53)66-48-87(73,81-41-54-27-11-3-12-28-54)67-49-88(74,82-42-55-29-13-4-14-30-55)68-50-89(75,83-43-56-31-15-5-16-32-56)69-51-90(76,77)84-44-57-33-17-6-18-34-57/h1-38,62H,39-51H2,(H,64,70)(H,65,71)(H,66,72)(H,67,73)(H,68,74)(H,69,75)(H,76,77). The predicted molar refractivity (Wildman–Crippen MR) is 348 cm³/mol. The maximum Gasteiger partial charge on any atom is 0.407 e. The van der Waals surface area contributed by atoms with Gasteiger partial charge in [-0.25, -0.2) is 30.2 Å². The third-order valence-corrected chi connectivity index (χ3v) is 25.2. The van der Waals surface area contributed by atoms with Crippen molar-refractivity contribution in [1.29, 1.82) is 0 Å². The Morgan fingerprint density at radius 3 is 0.867 bits per heavy atom. The fourth-order valence-electron chi connectivity index (χ4n) is 9.11. The molecule has 1 aliphatic carbocycles. The quantitative estimate of drug-likeness (QED) is 0.0178. The Hall–Kier alpha value is -6.07. The van der Waals surface area contributed by atoms with E-state index in [1.165, 1.54) is 0 Å². The van der Waals surface area contributed by atoms with Crippen molar-refractivity contribution in [2.45, 2.75) is 45.6 Å². The summed E-state index contributed by atoms with van der Waals surface area (Å²) in [6, 6.07) is 68.3. The first-order valence-corrected chi connectivity index (χ1v) is 39.5. The molecule has 0 fully saturated rings. The maximum absolute atomic E-state index is 15.5. The summed E-state index contributed by atoms with van der Waals surface area (Å²) in [5.41, 5.74) is 7.71. The molecule has 9 rings (SSSR count). The highest BCUT2D eigenvalue weighted by Crippen LogP contribution is 2.56. The molecule has 21 nitrogen and oxygen atoms in total. The van der Waals surface area contributed by atoms with Gasteiger partial charge in [-0.3, -0.25) is 27.4 Å². The lowest BCUT2D eigenvalue weighted by Crippen LogP contribution is -2.32. The van der Waals surface area contributed by atoms with Crippen LogP contribution in [0.15, 0.2) is 231 Å². The van der Waals surface area contributed by atoms with E-state index in [1.54, 1.807) is 182 Å². The molecule has 0 saturated heterocycles. The zero-order valence-electron chi connectivity index (χ0n) is 49.1. The fourth-order valence-corrected chi connectivity index (χ4v) is 21.2. The van der Waals surface area contributed by atoms with Gasteiger partial charge in [-0.05, 0) is 55.6 Å². The molecule has 8 aromatic carbocycles. The van der Waals surface area contributed by atoms with Crippen molar-refractivity contribution in [3.8, 4) is 11.1 Å². The van der Waals surface area contributed by atoms with Gasteiger partial charge in [0.25, 0.3) is 37.6 Å². The molecule has 27 heteroatoms. The van der Waals surface area contributed by atoms with Gasteiger partial charge in [0.2, 0.25) is 0 Å². The Bertz CT molecular complexity index is 3830. The number of ether oxygens (including phenoxy) is 1. The molecule has 8 aromatic rings. The van der Waals surface area contributed by atoms with Crippen LogP contribution in [0.2, 0.25) is 0 Å². The topological polar surface area (TPSA) is 277 Å². The van der Waals surface area contributed by atoms with Crippen molar-refractivity contribution in [2.24, 2.45) is 0 Å². The maximum atomic E-state index is 15.5. The summed E-state index contributed by atoms with van der Waals surface area (Å²) in [5.74, 6) is -0.258. The molecule has 90 heavy (non-hydrogen) atoms. The van der Waals surface area contributed by atoms with Gasteiger partial charge in [-0.2, -0.15) is 0 Å². The second kappa shape index (κ2) is 33.0. The van der Waals surface area contributed by atoms with E-state index in [1.807, 2.05) is 48.5 Å². The number of benzene rings is 8. The van der Waals surface area contributed by atoms with Gasteiger partial charge >= 0.3 is 13.7 Å². The van der Waals surface area contributed by atoms with Crippen LogP contribution in [0.5, 0.6) is 0 Å². The monoisotopic (exact) mass is 1340 g/mol. The summed E-state index contributed by atoms with van der Waals surface area (Å²) in [5, 5.41) is 16.3. The number of carbonyl (C=O) groups excluding carboxylic acids is 1. The van der Waals surface area contributed by atoms with E-state index < -0.39 is 89.0 Å². The van der Waals surface area contributed by atoms with E-state index in [2.05, 4.69) is 30.8 Å². The lowest BCUT2D eigenvalue weighted by Gasteiger charge is -2.28. The van der Waals surface area contributed by atoms with Crippen molar-refractivity contribution in [1.82, 2.24) is 30.8 Å². The van der Waals surface area contributed by atoms with E-state index in [4.69, 9.17) is 31.9 Å². The van der Waals surface area contributed by atoms with Crippen LogP contribution in [0, 0.1) is 0 Å². The minimum atomic E-state index is -4.49. The van der Waals surface area contributed by atoms with E-state index in [9.17, 15) is 18.8 Å². The molecule has 7 N–H and O–H groups in total. The summed E-state index contributed by atoms with van der Waals surface area (Å²) >= 11 is 0. The molecule has 0 aromatic heterocycles. The largest absolute Gasteiger partial charge is 0.449 e. The number of amides is 1. The first-order chi connectivity index (χ1) is 43.5. The molecule has 0 bridgehead atoms. The Morgan fingerprint density at radius 2 is 0.567 bits per heavy atom. The number of rotatable bonds is 37. The number of hydrogen-bond donors (Lipinski definition) is 7. The van der Waals surface area contributed by atoms with Gasteiger partial charge in [0, 0.05) is 5.92 Å². The summed E-state index contributed by atoms with van der Waals surface area (Å²) in [7, 11) is -26.4. The molecular formula is C63H72N6O15P6. The number of nitrogens with one attached hydrogen (secondary N) is 6. The van der Waals surface area contributed by atoms with E-state index in [-0.39, 0.29) is 52.2 Å². The lowest BCUT2D eigenvalue weighted by molar-refractivity contribution is 0.144. The highest BCUT2D eigenvalue weighted by molar-refractivity contribution is 7.64. The van der Waals surface area contributed by atoms with Crippen LogP contribution in [0.1, 0.15) is 50.4 Å². The predicted octanol–water partition coefficient (Wildman–Crippen LogP) is 14.7. The molecule has 1 amide bonds. The van der Waals surface area contributed by atoms with Crippen LogP contribution in [0.3, 0.4) is 0 Å². The smallest absolute Gasteiger partial charge is 0.407 e. The molecule has 0 spiro atoms. The van der Waals surface area contributed by atoms with Gasteiger partial charge in [0.05, 0.1) is 64.8 Å². The first-order valence-electron chi connectivity index (χ1n) is 28.7. The van der Waals surface area contributed by atoms with Crippen molar-refractivity contribution in [2.75, 3.05) is 44.3 Å². The zero-order valence-corrected chi connectivity index (χ0v) is 54.4. The average molecular weight is 1340 g/mol. The van der Waals surface area contributed by atoms with Gasteiger partial charge in [-0.15, -0.1) is 0 Å². The molecule has 0 aliphatic heterocycles. The minimum absolute atomic E-state index is 0.0261. The molecule has 0 heterocycles. The van der Waals surface area contributed by atoms with Crippen LogP contribution in [-0.4, -0.2) is 55.3 Å². The molecule has 0 radical (unpaired) electrons. The van der Waals surface area contributed by atoms with Gasteiger partial charge < -0.3 is 42.1 Å². The molecular weight excluding hydrogens is 1270 g/mol.